The summed E-state index contributed by atoms with van der Waals surface area (Å²) in [7, 11) is 1.75. The zero-order valence-corrected chi connectivity index (χ0v) is 11.0. The van der Waals surface area contributed by atoms with E-state index in [4.69, 9.17) is 5.73 Å². The Balaban J connectivity index is 2.65. The van der Waals surface area contributed by atoms with Crippen LogP contribution in [0.5, 0.6) is 0 Å². The van der Waals surface area contributed by atoms with Gasteiger partial charge in [-0.05, 0) is 17.5 Å². The Morgan fingerprint density at radius 1 is 1.47 bits per heavy atom. The number of likely N-dealkylation sites (N-methyl/N-ethyl adjacent to an activating group) is 1. The zero-order valence-electron chi connectivity index (χ0n) is 11.0. The Bertz CT molecular complexity index is 370. The van der Waals surface area contributed by atoms with Crippen molar-refractivity contribution in [3.8, 4) is 0 Å². The number of amides is 1. The van der Waals surface area contributed by atoms with E-state index in [2.05, 4.69) is 4.98 Å². The standard InChI is InChI=1S/C13H21N3O/c1-13(2,3)11(14)12(17)16(4)9-10-7-5-6-8-15-10/h5-8,11H,9,14H2,1-4H3/t11-/m0/s1. The summed E-state index contributed by atoms with van der Waals surface area (Å²) in [4.78, 5) is 17.9. The third-order valence-corrected chi connectivity index (χ3v) is 2.70. The van der Waals surface area contributed by atoms with Crippen LogP contribution < -0.4 is 5.73 Å². The van der Waals surface area contributed by atoms with Gasteiger partial charge in [-0.1, -0.05) is 26.8 Å². The molecule has 1 aromatic rings. The minimum absolute atomic E-state index is 0.0526. The number of hydrogen-bond donors (Lipinski definition) is 1. The van der Waals surface area contributed by atoms with Gasteiger partial charge in [0.25, 0.3) is 0 Å². The van der Waals surface area contributed by atoms with Gasteiger partial charge in [-0.25, -0.2) is 0 Å². The first kappa shape index (κ1) is 13.6. The Morgan fingerprint density at radius 3 is 2.59 bits per heavy atom. The Morgan fingerprint density at radius 2 is 2.12 bits per heavy atom. The minimum atomic E-state index is -0.490. The summed E-state index contributed by atoms with van der Waals surface area (Å²) in [6.45, 7) is 6.38. The minimum Gasteiger partial charge on any atom is -0.338 e. The van der Waals surface area contributed by atoms with Gasteiger partial charge in [0.15, 0.2) is 0 Å². The summed E-state index contributed by atoms with van der Waals surface area (Å²) >= 11 is 0. The highest BCUT2D eigenvalue weighted by Crippen LogP contribution is 2.19. The molecule has 0 aliphatic carbocycles. The van der Waals surface area contributed by atoms with Crippen molar-refractivity contribution in [3.05, 3.63) is 30.1 Å². The predicted octanol–water partition coefficient (Wildman–Crippen LogP) is 1.41. The molecule has 0 bridgehead atoms. The van der Waals surface area contributed by atoms with Gasteiger partial charge < -0.3 is 10.6 Å². The van der Waals surface area contributed by atoms with Crippen LogP contribution >= 0.6 is 0 Å². The van der Waals surface area contributed by atoms with Gasteiger partial charge in [-0.3, -0.25) is 9.78 Å². The van der Waals surface area contributed by atoms with Crippen LogP contribution in [-0.4, -0.2) is 28.9 Å². The molecule has 1 amide bonds. The average Bonchev–Trinajstić information content (AvgIpc) is 2.27. The maximum Gasteiger partial charge on any atom is 0.240 e. The maximum absolute atomic E-state index is 12.1. The molecule has 0 aliphatic heterocycles. The second kappa shape index (κ2) is 5.27. The van der Waals surface area contributed by atoms with Crippen LogP contribution in [0.15, 0.2) is 24.4 Å². The largest absolute Gasteiger partial charge is 0.338 e. The number of hydrogen-bond acceptors (Lipinski definition) is 3. The summed E-state index contributed by atoms with van der Waals surface area (Å²) in [6, 6.07) is 5.17. The number of rotatable bonds is 3. The van der Waals surface area contributed by atoms with Crippen molar-refractivity contribution < 1.29 is 4.79 Å². The van der Waals surface area contributed by atoms with Crippen LogP contribution in [0.3, 0.4) is 0 Å². The summed E-state index contributed by atoms with van der Waals surface area (Å²) in [6.07, 6.45) is 1.72. The molecule has 1 atom stereocenters. The Hall–Kier alpha value is -1.42. The third-order valence-electron chi connectivity index (χ3n) is 2.70. The van der Waals surface area contributed by atoms with E-state index in [1.54, 1.807) is 18.1 Å². The molecule has 0 aromatic carbocycles. The normalized spacial score (nSPS) is 13.2. The van der Waals surface area contributed by atoms with Crippen molar-refractivity contribution in [2.24, 2.45) is 11.1 Å². The summed E-state index contributed by atoms with van der Waals surface area (Å²) in [5.41, 5.74) is 6.58. The molecule has 1 heterocycles. The van der Waals surface area contributed by atoms with Crippen LogP contribution in [0.25, 0.3) is 0 Å². The first-order chi connectivity index (χ1) is 7.82. The fraction of sp³-hybridized carbons (Fsp3) is 0.538. The van der Waals surface area contributed by atoms with Crippen LogP contribution in [-0.2, 0) is 11.3 Å². The van der Waals surface area contributed by atoms with Crippen LogP contribution in [0, 0.1) is 5.41 Å². The lowest BCUT2D eigenvalue weighted by molar-refractivity contribution is -0.134. The SMILES string of the molecule is CN(Cc1ccccn1)C(=O)[C@H](N)C(C)(C)C. The highest BCUT2D eigenvalue weighted by molar-refractivity contribution is 5.82. The highest BCUT2D eigenvalue weighted by atomic mass is 16.2. The lowest BCUT2D eigenvalue weighted by atomic mass is 9.86. The number of pyridine rings is 1. The second-order valence-corrected chi connectivity index (χ2v) is 5.36. The van der Waals surface area contributed by atoms with E-state index >= 15 is 0 Å². The van der Waals surface area contributed by atoms with E-state index in [1.165, 1.54) is 0 Å². The van der Waals surface area contributed by atoms with Gasteiger partial charge in [0, 0.05) is 13.2 Å². The first-order valence-corrected chi connectivity index (χ1v) is 5.73. The van der Waals surface area contributed by atoms with Gasteiger partial charge in [-0.2, -0.15) is 0 Å². The second-order valence-electron chi connectivity index (χ2n) is 5.36. The Kier molecular flexibility index (Phi) is 4.23. The predicted molar refractivity (Wildman–Crippen MR) is 68.1 cm³/mol. The fourth-order valence-corrected chi connectivity index (χ4v) is 1.42. The molecule has 4 heteroatoms. The van der Waals surface area contributed by atoms with E-state index in [1.807, 2.05) is 39.0 Å². The van der Waals surface area contributed by atoms with Crippen molar-refractivity contribution in [2.75, 3.05) is 7.05 Å². The molecular weight excluding hydrogens is 214 g/mol. The van der Waals surface area contributed by atoms with E-state index in [9.17, 15) is 4.79 Å². The number of carbonyl (C=O) groups excluding carboxylic acids is 1. The number of carbonyl (C=O) groups is 1. The molecular formula is C13H21N3O. The molecule has 0 spiro atoms. The molecule has 0 fully saturated rings. The Labute approximate surface area is 103 Å². The molecule has 17 heavy (non-hydrogen) atoms. The molecule has 0 saturated heterocycles. The van der Waals surface area contributed by atoms with Crippen molar-refractivity contribution in [1.29, 1.82) is 0 Å². The summed E-state index contributed by atoms with van der Waals surface area (Å²) < 4.78 is 0. The lowest BCUT2D eigenvalue weighted by Crippen LogP contribution is -2.48. The topological polar surface area (TPSA) is 59.2 Å². The van der Waals surface area contributed by atoms with Crippen molar-refractivity contribution in [2.45, 2.75) is 33.4 Å². The molecule has 94 valence electrons. The molecule has 0 aliphatic rings. The number of nitrogens with zero attached hydrogens (tertiary/aromatic N) is 2. The fourth-order valence-electron chi connectivity index (χ4n) is 1.42. The smallest absolute Gasteiger partial charge is 0.240 e. The highest BCUT2D eigenvalue weighted by Gasteiger charge is 2.29. The van der Waals surface area contributed by atoms with Crippen molar-refractivity contribution >= 4 is 5.91 Å². The molecule has 1 aromatic heterocycles. The van der Waals surface area contributed by atoms with E-state index in [0.717, 1.165) is 5.69 Å². The molecule has 0 saturated carbocycles. The zero-order chi connectivity index (χ0) is 13.1. The quantitative estimate of drug-likeness (QED) is 0.861. The van der Waals surface area contributed by atoms with Gasteiger partial charge in [-0.15, -0.1) is 0 Å². The van der Waals surface area contributed by atoms with Crippen LogP contribution in [0.2, 0.25) is 0 Å². The van der Waals surface area contributed by atoms with E-state index < -0.39 is 6.04 Å². The van der Waals surface area contributed by atoms with Gasteiger partial charge in [0.05, 0.1) is 18.3 Å². The number of nitrogens with two attached hydrogens (primary N) is 1. The average molecular weight is 235 g/mol. The monoisotopic (exact) mass is 235 g/mol. The van der Waals surface area contributed by atoms with Crippen molar-refractivity contribution in [3.63, 3.8) is 0 Å². The third kappa shape index (κ3) is 3.82. The maximum atomic E-state index is 12.1. The molecule has 2 N–H and O–H groups in total. The van der Waals surface area contributed by atoms with Crippen molar-refractivity contribution in [1.82, 2.24) is 9.88 Å². The van der Waals surface area contributed by atoms with Gasteiger partial charge >= 0.3 is 0 Å². The van der Waals surface area contributed by atoms with E-state index in [-0.39, 0.29) is 11.3 Å². The van der Waals surface area contributed by atoms with Gasteiger partial charge in [0.1, 0.15) is 0 Å². The molecule has 0 unspecified atom stereocenters. The molecule has 1 rings (SSSR count). The summed E-state index contributed by atoms with van der Waals surface area (Å²) in [5.74, 6) is -0.0526. The van der Waals surface area contributed by atoms with Gasteiger partial charge in [0.2, 0.25) is 5.91 Å². The number of aromatic nitrogens is 1. The molecule has 0 radical (unpaired) electrons. The van der Waals surface area contributed by atoms with E-state index in [0.29, 0.717) is 6.54 Å². The lowest BCUT2D eigenvalue weighted by Gasteiger charge is -2.29. The molecule has 4 nitrogen and oxygen atoms in total. The first-order valence-electron chi connectivity index (χ1n) is 5.73. The summed E-state index contributed by atoms with van der Waals surface area (Å²) in [5, 5.41) is 0. The van der Waals surface area contributed by atoms with Crippen LogP contribution in [0.4, 0.5) is 0 Å². The van der Waals surface area contributed by atoms with Crippen LogP contribution in [0.1, 0.15) is 26.5 Å².